The third-order valence-corrected chi connectivity index (χ3v) is 5.32. The van der Waals surface area contributed by atoms with Gasteiger partial charge in [-0.25, -0.2) is 9.37 Å². The molecule has 2 aromatic carbocycles. The molecule has 8 heteroatoms. The fourth-order valence-electron chi connectivity index (χ4n) is 3.73. The summed E-state index contributed by atoms with van der Waals surface area (Å²) in [6.07, 6.45) is 4.61. The lowest BCUT2D eigenvalue weighted by molar-refractivity contribution is 0.0924. The third kappa shape index (κ3) is 3.82. The standard InChI is InChI=1S/C24H21FN2O5/c1-13-17(8-14-9-20(30-2)22(28)21(10-14)31-3)16-5-4-15(25)11-18(16)19(13)12-27-23(29)24-26-6-7-32-24/h4-11,28H,12H2,1-3H3,(H,27,29). The number of hydrogen-bond acceptors (Lipinski definition) is 6. The number of ether oxygens (including phenoxy) is 2. The second-order valence-corrected chi connectivity index (χ2v) is 7.15. The molecule has 1 amide bonds. The summed E-state index contributed by atoms with van der Waals surface area (Å²) < 4.78 is 29.6. The van der Waals surface area contributed by atoms with Gasteiger partial charge in [-0.05, 0) is 70.7 Å². The van der Waals surface area contributed by atoms with Crippen molar-refractivity contribution in [2.45, 2.75) is 6.92 Å². The van der Waals surface area contributed by atoms with Gasteiger partial charge in [0.1, 0.15) is 12.1 Å². The van der Waals surface area contributed by atoms with Crippen molar-refractivity contribution in [1.29, 1.82) is 0 Å². The highest BCUT2D eigenvalue weighted by atomic mass is 19.1. The number of rotatable bonds is 6. The van der Waals surface area contributed by atoms with E-state index in [-0.39, 0.29) is 35.5 Å². The molecule has 2 N–H and O–H groups in total. The molecule has 164 valence electrons. The van der Waals surface area contributed by atoms with Crippen molar-refractivity contribution >= 4 is 23.1 Å². The predicted octanol–water partition coefficient (Wildman–Crippen LogP) is 4.29. The summed E-state index contributed by atoms with van der Waals surface area (Å²) in [5.74, 6) is -0.420. The number of hydrogen-bond donors (Lipinski definition) is 2. The van der Waals surface area contributed by atoms with Gasteiger partial charge in [-0.2, -0.15) is 0 Å². The number of aromatic hydroxyl groups is 1. The zero-order chi connectivity index (χ0) is 22.8. The summed E-state index contributed by atoms with van der Waals surface area (Å²) in [5, 5.41) is 13.0. The van der Waals surface area contributed by atoms with Gasteiger partial charge in [-0.15, -0.1) is 0 Å². The summed E-state index contributed by atoms with van der Waals surface area (Å²) in [4.78, 5) is 16.1. The van der Waals surface area contributed by atoms with E-state index in [1.54, 1.807) is 18.2 Å². The number of allylic oxidation sites excluding steroid dienone is 2. The van der Waals surface area contributed by atoms with Crippen molar-refractivity contribution in [3.63, 3.8) is 0 Å². The van der Waals surface area contributed by atoms with E-state index in [1.165, 1.54) is 38.8 Å². The minimum atomic E-state index is -0.460. The number of carbonyl (C=O) groups excluding carboxylic acids is 1. The first-order valence-electron chi connectivity index (χ1n) is 9.77. The van der Waals surface area contributed by atoms with Gasteiger partial charge >= 0.3 is 5.91 Å². The minimum absolute atomic E-state index is 0.0419. The van der Waals surface area contributed by atoms with Crippen LogP contribution in [0.2, 0.25) is 0 Å². The molecule has 0 fully saturated rings. The largest absolute Gasteiger partial charge is 0.502 e. The van der Waals surface area contributed by atoms with Crippen LogP contribution in [0.15, 0.2) is 52.8 Å². The Balaban J connectivity index is 1.75. The Morgan fingerprint density at radius 2 is 1.91 bits per heavy atom. The topological polar surface area (TPSA) is 93.8 Å². The number of phenolic OH excluding ortho intramolecular Hbond substituents is 1. The van der Waals surface area contributed by atoms with E-state index in [2.05, 4.69) is 10.3 Å². The van der Waals surface area contributed by atoms with E-state index in [9.17, 15) is 14.3 Å². The first-order chi connectivity index (χ1) is 15.4. The normalized spacial score (nSPS) is 13.9. The summed E-state index contributed by atoms with van der Waals surface area (Å²) in [6, 6.07) is 7.92. The van der Waals surface area contributed by atoms with Crippen LogP contribution in [0.1, 0.15) is 34.3 Å². The van der Waals surface area contributed by atoms with Crippen molar-refractivity contribution in [1.82, 2.24) is 10.3 Å². The van der Waals surface area contributed by atoms with E-state index in [0.29, 0.717) is 5.56 Å². The van der Waals surface area contributed by atoms with Crippen molar-refractivity contribution in [3.05, 3.63) is 76.8 Å². The van der Waals surface area contributed by atoms with Gasteiger partial charge in [-0.1, -0.05) is 6.07 Å². The van der Waals surface area contributed by atoms with Crippen LogP contribution in [0.25, 0.3) is 17.2 Å². The van der Waals surface area contributed by atoms with Crippen molar-refractivity contribution < 1.29 is 28.2 Å². The van der Waals surface area contributed by atoms with E-state index >= 15 is 0 Å². The van der Waals surface area contributed by atoms with Crippen LogP contribution < -0.4 is 14.8 Å². The Hall–Kier alpha value is -4.07. The number of methoxy groups -OCH3 is 2. The van der Waals surface area contributed by atoms with Gasteiger partial charge in [0, 0.05) is 6.54 Å². The number of halogens is 1. The second kappa shape index (κ2) is 8.58. The highest BCUT2D eigenvalue weighted by molar-refractivity contribution is 6.06. The molecule has 1 aliphatic rings. The van der Waals surface area contributed by atoms with Crippen molar-refractivity contribution in [2.75, 3.05) is 20.8 Å². The highest BCUT2D eigenvalue weighted by Gasteiger charge is 2.25. The van der Waals surface area contributed by atoms with Gasteiger partial charge in [0.2, 0.25) is 5.75 Å². The summed E-state index contributed by atoms with van der Waals surface area (Å²) in [5.41, 5.74) is 4.77. The number of oxazole rings is 1. The number of fused-ring (bicyclic) bond motifs is 1. The molecule has 32 heavy (non-hydrogen) atoms. The van der Waals surface area contributed by atoms with Crippen LogP contribution in [0.4, 0.5) is 4.39 Å². The average Bonchev–Trinajstić information content (AvgIpc) is 3.41. The Morgan fingerprint density at radius 1 is 1.19 bits per heavy atom. The Kier molecular flexibility index (Phi) is 5.68. The third-order valence-electron chi connectivity index (χ3n) is 5.32. The average molecular weight is 436 g/mol. The minimum Gasteiger partial charge on any atom is -0.502 e. The zero-order valence-electron chi connectivity index (χ0n) is 17.7. The molecular formula is C24H21FN2O5. The van der Waals surface area contributed by atoms with Crippen LogP contribution in [0.3, 0.4) is 0 Å². The fraction of sp³-hybridized carbons (Fsp3) is 0.167. The van der Waals surface area contributed by atoms with Crippen LogP contribution >= 0.6 is 0 Å². The van der Waals surface area contributed by atoms with Crippen LogP contribution in [-0.4, -0.2) is 36.8 Å². The molecule has 7 nitrogen and oxygen atoms in total. The maximum atomic E-state index is 14.1. The first-order valence-corrected chi connectivity index (χ1v) is 9.77. The fourth-order valence-corrected chi connectivity index (χ4v) is 3.73. The van der Waals surface area contributed by atoms with Crippen molar-refractivity contribution in [2.24, 2.45) is 0 Å². The number of carbonyl (C=O) groups is 1. The number of amides is 1. The lowest BCUT2D eigenvalue weighted by atomic mass is 10.00. The van der Waals surface area contributed by atoms with E-state index in [1.807, 2.05) is 13.0 Å². The van der Waals surface area contributed by atoms with Gasteiger partial charge < -0.3 is 24.3 Å². The van der Waals surface area contributed by atoms with Crippen LogP contribution in [-0.2, 0) is 0 Å². The van der Waals surface area contributed by atoms with Gasteiger partial charge in [0.05, 0.1) is 20.4 Å². The molecule has 0 saturated carbocycles. The summed E-state index contributed by atoms with van der Waals surface area (Å²) in [7, 11) is 2.91. The SMILES string of the molecule is COc1cc(C=C2C(C)=C(CNC(=O)c3ncco3)c3cc(F)ccc32)cc(OC)c1O. The molecule has 3 aromatic rings. The van der Waals surface area contributed by atoms with Crippen molar-refractivity contribution in [3.8, 4) is 17.2 Å². The van der Waals surface area contributed by atoms with Gasteiger partial charge in [-0.3, -0.25) is 4.79 Å². The smallest absolute Gasteiger partial charge is 0.307 e. The molecule has 0 bridgehead atoms. The van der Waals surface area contributed by atoms with E-state index in [4.69, 9.17) is 13.9 Å². The number of benzene rings is 2. The number of aromatic nitrogens is 1. The molecule has 4 rings (SSSR count). The number of phenols is 1. The van der Waals surface area contributed by atoms with Crippen LogP contribution in [0.5, 0.6) is 17.2 Å². The van der Waals surface area contributed by atoms with Gasteiger partial charge in [0.25, 0.3) is 5.89 Å². The molecule has 0 unspecified atom stereocenters. The molecule has 0 aliphatic heterocycles. The Labute approximate surface area is 183 Å². The lowest BCUT2D eigenvalue weighted by Crippen LogP contribution is -2.25. The highest BCUT2D eigenvalue weighted by Crippen LogP contribution is 2.44. The lowest BCUT2D eigenvalue weighted by Gasteiger charge is -2.11. The predicted molar refractivity (Wildman–Crippen MR) is 117 cm³/mol. The van der Waals surface area contributed by atoms with Gasteiger partial charge in [0.15, 0.2) is 11.5 Å². The molecule has 1 aliphatic carbocycles. The molecular weight excluding hydrogens is 415 g/mol. The molecule has 0 saturated heterocycles. The Bertz CT molecular complexity index is 1220. The summed E-state index contributed by atoms with van der Waals surface area (Å²) >= 11 is 0. The first kappa shape index (κ1) is 21.2. The molecule has 1 aromatic heterocycles. The van der Waals surface area contributed by atoms with E-state index in [0.717, 1.165) is 27.8 Å². The molecule has 1 heterocycles. The monoisotopic (exact) mass is 436 g/mol. The van der Waals surface area contributed by atoms with Crippen LogP contribution in [0, 0.1) is 5.82 Å². The zero-order valence-corrected chi connectivity index (χ0v) is 17.7. The Morgan fingerprint density at radius 3 is 2.53 bits per heavy atom. The van der Waals surface area contributed by atoms with E-state index < -0.39 is 5.91 Å². The molecule has 0 atom stereocenters. The summed E-state index contributed by atoms with van der Waals surface area (Å²) in [6.45, 7) is 2.08. The maximum absolute atomic E-state index is 14.1. The quantitative estimate of drug-likeness (QED) is 0.599. The molecule has 0 spiro atoms. The number of nitrogens with zero attached hydrogens (tertiary/aromatic N) is 1. The maximum Gasteiger partial charge on any atom is 0.307 e. The number of nitrogens with one attached hydrogen (secondary N) is 1. The molecule has 0 radical (unpaired) electrons. The second-order valence-electron chi connectivity index (χ2n) is 7.15.